The summed E-state index contributed by atoms with van der Waals surface area (Å²) in [6.45, 7) is 8.98. The Morgan fingerprint density at radius 2 is 2.00 bits per heavy atom. The molecule has 0 aliphatic carbocycles. The third-order valence-corrected chi connectivity index (χ3v) is 3.30. The molecule has 1 atom stereocenters. The second-order valence-corrected chi connectivity index (χ2v) is 4.61. The maximum absolute atomic E-state index is 3.59. The molecule has 1 N–H and O–H groups in total. The molecule has 1 nitrogen and oxygen atoms in total. The molecule has 1 aliphatic heterocycles. The zero-order valence-electron chi connectivity index (χ0n) is 8.81. The summed E-state index contributed by atoms with van der Waals surface area (Å²) in [7, 11) is 0. The Bertz CT molecular complexity index is 339. The van der Waals surface area contributed by atoms with E-state index in [-0.39, 0.29) is 5.54 Å². The molecule has 13 heavy (non-hydrogen) atoms. The zero-order valence-corrected chi connectivity index (χ0v) is 8.81. The first kappa shape index (κ1) is 8.61. The lowest BCUT2D eigenvalue weighted by Gasteiger charge is -2.24. The number of fused-ring (bicyclic) bond motifs is 1. The van der Waals surface area contributed by atoms with Crippen molar-refractivity contribution in [1.29, 1.82) is 0 Å². The minimum atomic E-state index is 0.203. The summed E-state index contributed by atoms with van der Waals surface area (Å²) >= 11 is 0. The van der Waals surface area contributed by atoms with Crippen molar-refractivity contribution >= 4 is 5.69 Å². The van der Waals surface area contributed by atoms with E-state index in [9.17, 15) is 0 Å². The van der Waals surface area contributed by atoms with Crippen LogP contribution in [0.15, 0.2) is 18.2 Å². The van der Waals surface area contributed by atoms with Gasteiger partial charge in [-0.3, -0.25) is 0 Å². The van der Waals surface area contributed by atoms with Crippen molar-refractivity contribution < 1.29 is 0 Å². The summed E-state index contributed by atoms with van der Waals surface area (Å²) in [6, 6.07) is 6.54. The van der Waals surface area contributed by atoms with E-state index in [2.05, 4.69) is 51.2 Å². The molecule has 0 saturated heterocycles. The van der Waals surface area contributed by atoms with Crippen molar-refractivity contribution in [3.63, 3.8) is 0 Å². The molecule has 0 fully saturated rings. The lowest BCUT2D eigenvalue weighted by molar-refractivity contribution is 0.502. The summed E-state index contributed by atoms with van der Waals surface area (Å²) in [4.78, 5) is 0. The van der Waals surface area contributed by atoms with Gasteiger partial charge >= 0.3 is 0 Å². The molecule has 2 rings (SSSR count). The van der Waals surface area contributed by atoms with Crippen LogP contribution in [0.5, 0.6) is 0 Å². The molecule has 0 saturated carbocycles. The highest BCUT2D eigenvalue weighted by Gasteiger charge is 2.35. The highest BCUT2D eigenvalue weighted by Crippen LogP contribution is 2.43. The Morgan fingerprint density at radius 3 is 2.62 bits per heavy atom. The quantitative estimate of drug-likeness (QED) is 0.638. The van der Waals surface area contributed by atoms with E-state index in [1.807, 2.05) is 0 Å². The smallest absolute Gasteiger partial charge is 0.0410 e. The molecule has 1 aliphatic rings. The van der Waals surface area contributed by atoms with E-state index >= 15 is 0 Å². The van der Waals surface area contributed by atoms with Gasteiger partial charge in [0.25, 0.3) is 0 Å². The molecule has 1 aromatic rings. The number of hydrogen-bond acceptors (Lipinski definition) is 1. The van der Waals surface area contributed by atoms with Crippen LogP contribution in [0.25, 0.3) is 0 Å². The average molecular weight is 175 g/mol. The number of hydrogen-bond donors (Lipinski definition) is 1. The lowest BCUT2D eigenvalue weighted by Crippen LogP contribution is -2.30. The van der Waals surface area contributed by atoms with Crippen LogP contribution in [0.1, 0.15) is 37.8 Å². The molecule has 70 valence electrons. The van der Waals surface area contributed by atoms with Crippen molar-refractivity contribution in [2.75, 3.05) is 5.32 Å². The van der Waals surface area contributed by atoms with E-state index in [1.165, 1.54) is 16.8 Å². The summed E-state index contributed by atoms with van der Waals surface area (Å²) in [5.41, 5.74) is 4.37. The molecule has 0 aromatic heterocycles. The predicted octanol–water partition coefficient (Wildman–Crippen LogP) is 3.30. The maximum Gasteiger partial charge on any atom is 0.0410 e. The fraction of sp³-hybridized carbons (Fsp3) is 0.500. The first-order valence-electron chi connectivity index (χ1n) is 4.90. The number of rotatable bonds is 0. The molecule has 1 unspecified atom stereocenters. The first-order chi connectivity index (χ1) is 6.02. The van der Waals surface area contributed by atoms with E-state index in [1.54, 1.807) is 0 Å². The minimum absolute atomic E-state index is 0.203. The maximum atomic E-state index is 3.59. The van der Waals surface area contributed by atoms with Gasteiger partial charge in [0, 0.05) is 17.1 Å². The van der Waals surface area contributed by atoms with Gasteiger partial charge < -0.3 is 5.32 Å². The van der Waals surface area contributed by atoms with Gasteiger partial charge in [-0.1, -0.05) is 25.1 Å². The molecule has 0 bridgehead atoms. The average Bonchev–Trinajstić information content (AvgIpc) is 2.28. The summed E-state index contributed by atoms with van der Waals surface area (Å²) < 4.78 is 0. The molecular weight excluding hydrogens is 158 g/mol. The third kappa shape index (κ3) is 1.14. The standard InChI is InChI=1S/C12H17N/c1-8-6-5-7-10-9(2)12(3,4)13-11(8)10/h5-7,9,13H,1-4H3. The third-order valence-electron chi connectivity index (χ3n) is 3.30. The van der Waals surface area contributed by atoms with Crippen LogP contribution in [-0.2, 0) is 0 Å². The van der Waals surface area contributed by atoms with Crippen molar-refractivity contribution in [2.45, 2.75) is 39.2 Å². The highest BCUT2D eigenvalue weighted by atomic mass is 15.0. The second-order valence-electron chi connectivity index (χ2n) is 4.61. The van der Waals surface area contributed by atoms with Crippen molar-refractivity contribution in [1.82, 2.24) is 0 Å². The molecule has 0 amide bonds. The van der Waals surface area contributed by atoms with Gasteiger partial charge in [0.1, 0.15) is 0 Å². The van der Waals surface area contributed by atoms with E-state index in [0.29, 0.717) is 5.92 Å². The number of aryl methyl sites for hydroxylation is 1. The number of para-hydroxylation sites is 1. The normalized spacial score (nSPS) is 23.8. The Hall–Kier alpha value is -0.980. The lowest BCUT2D eigenvalue weighted by atomic mass is 9.87. The van der Waals surface area contributed by atoms with Crippen molar-refractivity contribution in [2.24, 2.45) is 0 Å². The fourth-order valence-electron chi connectivity index (χ4n) is 2.04. The Balaban J connectivity index is 2.56. The minimum Gasteiger partial charge on any atom is -0.379 e. The van der Waals surface area contributed by atoms with Crippen LogP contribution < -0.4 is 5.32 Å². The van der Waals surface area contributed by atoms with Gasteiger partial charge in [-0.25, -0.2) is 0 Å². The van der Waals surface area contributed by atoms with E-state index in [4.69, 9.17) is 0 Å². The largest absolute Gasteiger partial charge is 0.379 e. The number of anilines is 1. The number of nitrogens with one attached hydrogen (secondary N) is 1. The van der Waals surface area contributed by atoms with Gasteiger partial charge in [-0.2, -0.15) is 0 Å². The van der Waals surface area contributed by atoms with Crippen LogP contribution in [0.2, 0.25) is 0 Å². The van der Waals surface area contributed by atoms with Crippen LogP contribution >= 0.6 is 0 Å². The van der Waals surface area contributed by atoms with Crippen LogP contribution in [-0.4, -0.2) is 5.54 Å². The van der Waals surface area contributed by atoms with Gasteiger partial charge in [-0.05, 0) is 31.9 Å². The predicted molar refractivity (Wildman–Crippen MR) is 57.3 cm³/mol. The summed E-state index contributed by atoms with van der Waals surface area (Å²) in [5, 5.41) is 3.59. The monoisotopic (exact) mass is 175 g/mol. The van der Waals surface area contributed by atoms with Crippen LogP contribution in [0, 0.1) is 6.92 Å². The molecule has 0 spiro atoms. The molecule has 1 heterocycles. The topological polar surface area (TPSA) is 12.0 Å². The van der Waals surface area contributed by atoms with Crippen molar-refractivity contribution in [3.05, 3.63) is 29.3 Å². The summed E-state index contributed by atoms with van der Waals surface area (Å²) in [5.74, 6) is 0.599. The Labute approximate surface area is 80.2 Å². The molecular formula is C12H17N. The Kier molecular flexibility index (Phi) is 1.66. The van der Waals surface area contributed by atoms with Gasteiger partial charge in [0.15, 0.2) is 0 Å². The van der Waals surface area contributed by atoms with E-state index in [0.717, 1.165) is 0 Å². The van der Waals surface area contributed by atoms with Gasteiger partial charge in [-0.15, -0.1) is 0 Å². The van der Waals surface area contributed by atoms with E-state index < -0.39 is 0 Å². The van der Waals surface area contributed by atoms with Crippen molar-refractivity contribution in [3.8, 4) is 0 Å². The highest BCUT2D eigenvalue weighted by molar-refractivity contribution is 5.65. The van der Waals surface area contributed by atoms with Gasteiger partial charge in [0.2, 0.25) is 0 Å². The van der Waals surface area contributed by atoms with Crippen LogP contribution in [0.4, 0.5) is 5.69 Å². The molecule has 1 aromatic carbocycles. The molecule has 0 radical (unpaired) electrons. The number of benzene rings is 1. The fourth-order valence-corrected chi connectivity index (χ4v) is 2.04. The van der Waals surface area contributed by atoms with Gasteiger partial charge in [0.05, 0.1) is 0 Å². The van der Waals surface area contributed by atoms with Crippen LogP contribution in [0.3, 0.4) is 0 Å². The summed E-state index contributed by atoms with van der Waals surface area (Å²) in [6.07, 6.45) is 0. The Morgan fingerprint density at radius 1 is 1.31 bits per heavy atom. The molecule has 1 heteroatoms. The zero-order chi connectivity index (χ0) is 9.64. The first-order valence-corrected chi connectivity index (χ1v) is 4.90. The SMILES string of the molecule is Cc1cccc2c1NC(C)(C)C2C. The second kappa shape index (κ2) is 2.50.